The van der Waals surface area contributed by atoms with E-state index >= 15 is 0 Å². The number of hydrogen-bond acceptors (Lipinski definition) is 3. The molecule has 5 heteroatoms. The molecule has 0 saturated heterocycles. The van der Waals surface area contributed by atoms with Crippen LogP contribution in [0.4, 0.5) is 0 Å². The number of aromatic nitrogens is 2. The van der Waals surface area contributed by atoms with Gasteiger partial charge in [-0.1, -0.05) is 28.1 Å². The standard InChI is InChI=1S/C12H10BrN3O/c13-11-3-1-9(2-4-11)7-14-12(17)10-5-6-15-16-8-10/h1-6,8H,7H2,(H,14,17). The highest BCUT2D eigenvalue weighted by atomic mass is 79.9. The quantitative estimate of drug-likeness (QED) is 0.943. The van der Waals surface area contributed by atoms with E-state index < -0.39 is 0 Å². The summed E-state index contributed by atoms with van der Waals surface area (Å²) in [4.78, 5) is 11.7. The van der Waals surface area contributed by atoms with E-state index in [4.69, 9.17) is 0 Å². The molecule has 0 unspecified atom stereocenters. The number of rotatable bonds is 3. The van der Waals surface area contributed by atoms with Crippen molar-refractivity contribution in [2.45, 2.75) is 6.54 Å². The van der Waals surface area contributed by atoms with Gasteiger partial charge in [-0.05, 0) is 23.8 Å². The van der Waals surface area contributed by atoms with Gasteiger partial charge in [0.05, 0.1) is 18.0 Å². The number of halogens is 1. The Hall–Kier alpha value is -1.75. The van der Waals surface area contributed by atoms with Gasteiger partial charge in [0.1, 0.15) is 0 Å². The Labute approximate surface area is 107 Å². The maximum Gasteiger partial charge on any atom is 0.253 e. The SMILES string of the molecule is O=C(NCc1ccc(Br)cc1)c1ccnnc1. The van der Waals surface area contributed by atoms with Gasteiger partial charge >= 0.3 is 0 Å². The molecule has 2 rings (SSSR count). The van der Waals surface area contributed by atoms with Crippen molar-refractivity contribution in [1.82, 2.24) is 15.5 Å². The first kappa shape index (κ1) is 11.7. The molecule has 0 saturated carbocycles. The molecule has 86 valence electrons. The van der Waals surface area contributed by atoms with Crippen molar-refractivity contribution in [3.8, 4) is 0 Å². The molecule has 17 heavy (non-hydrogen) atoms. The van der Waals surface area contributed by atoms with Crippen molar-refractivity contribution in [3.05, 3.63) is 58.3 Å². The molecule has 0 aliphatic rings. The number of benzene rings is 1. The van der Waals surface area contributed by atoms with Crippen LogP contribution in [0.25, 0.3) is 0 Å². The van der Waals surface area contributed by atoms with Crippen LogP contribution >= 0.6 is 15.9 Å². The number of nitrogens with one attached hydrogen (secondary N) is 1. The summed E-state index contributed by atoms with van der Waals surface area (Å²) in [7, 11) is 0. The van der Waals surface area contributed by atoms with E-state index in [1.54, 1.807) is 6.07 Å². The molecule has 1 aromatic carbocycles. The Balaban J connectivity index is 1.95. The average molecular weight is 292 g/mol. The largest absolute Gasteiger partial charge is 0.348 e. The molecule has 1 N–H and O–H groups in total. The van der Waals surface area contributed by atoms with Crippen LogP contribution in [-0.4, -0.2) is 16.1 Å². The third-order valence-corrected chi connectivity index (χ3v) is 2.74. The fourth-order valence-corrected chi connectivity index (χ4v) is 1.58. The van der Waals surface area contributed by atoms with E-state index in [1.165, 1.54) is 12.4 Å². The fourth-order valence-electron chi connectivity index (χ4n) is 1.31. The second-order valence-electron chi connectivity index (χ2n) is 3.44. The average Bonchev–Trinajstić information content (AvgIpc) is 2.39. The van der Waals surface area contributed by atoms with Gasteiger partial charge in [0.25, 0.3) is 5.91 Å². The number of carbonyl (C=O) groups excluding carboxylic acids is 1. The van der Waals surface area contributed by atoms with Gasteiger partial charge in [0.15, 0.2) is 0 Å². The van der Waals surface area contributed by atoms with Gasteiger partial charge in [0.2, 0.25) is 0 Å². The molecule has 1 heterocycles. The van der Waals surface area contributed by atoms with E-state index in [0.717, 1.165) is 10.0 Å². The fraction of sp³-hybridized carbons (Fsp3) is 0.0833. The van der Waals surface area contributed by atoms with Crippen LogP contribution < -0.4 is 5.32 Å². The Kier molecular flexibility index (Phi) is 3.82. The summed E-state index contributed by atoms with van der Waals surface area (Å²) in [6.45, 7) is 0.494. The Morgan fingerprint density at radius 3 is 2.59 bits per heavy atom. The topological polar surface area (TPSA) is 54.9 Å². The Morgan fingerprint density at radius 1 is 1.18 bits per heavy atom. The van der Waals surface area contributed by atoms with E-state index in [2.05, 4.69) is 31.4 Å². The molecule has 0 radical (unpaired) electrons. The van der Waals surface area contributed by atoms with Gasteiger partial charge in [-0.15, -0.1) is 0 Å². The first-order valence-corrected chi connectivity index (χ1v) is 5.84. The summed E-state index contributed by atoms with van der Waals surface area (Å²) in [5, 5.41) is 10.1. The molecule has 0 fully saturated rings. The summed E-state index contributed by atoms with van der Waals surface area (Å²) < 4.78 is 1.02. The lowest BCUT2D eigenvalue weighted by Gasteiger charge is -2.04. The first-order valence-electron chi connectivity index (χ1n) is 5.05. The highest BCUT2D eigenvalue weighted by Gasteiger charge is 2.04. The highest BCUT2D eigenvalue weighted by molar-refractivity contribution is 9.10. The van der Waals surface area contributed by atoms with Crippen molar-refractivity contribution < 1.29 is 4.79 Å². The van der Waals surface area contributed by atoms with Gasteiger partial charge in [-0.25, -0.2) is 0 Å². The number of nitrogens with zero attached hydrogens (tertiary/aromatic N) is 2. The zero-order valence-corrected chi connectivity index (χ0v) is 10.5. The van der Waals surface area contributed by atoms with Crippen LogP contribution in [0.3, 0.4) is 0 Å². The predicted molar refractivity (Wildman–Crippen MR) is 67.3 cm³/mol. The Bertz CT molecular complexity index is 499. The highest BCUT2D eigenvalue weighted by Crippen LogP contribution is 2.10. The number of hydrogen-bond donors (Lipinski definition) is 1. The van der Waals surface area contributed by atoms with Crippen molar-refractivity contribution in [2.75, 3.05) is 0 Å². The molecule has 0 atom stereocenters. The van der Waals surface area contributed by atoms with Crippen LogP contribution in [0.1, 0.15) is 15.9 Å². The smallest absolute Gasteiger partial charge is 0.253 e. The molecular weight excluding hydrogens is 282 g/mol. The molecule has 0 aliphatic heterocycles. The molecule has 1 aromatic heterocycles. The zero-order valence-electron chi connectivity index (χ0n) is 8.93. The Morgan fingerprint density at radius 2 is 1.94 bits per heavy atom. The minimum absolute atomic E-state index is 0.150. The van der Waals surface area contributed by atoms with E-state index in [-0.39, 0.29) is 5.91 Å². The van der Waals surface area contributed by atoms with Crippen LogP contribution in [-0.2, 0) is 6.54 Å². The molecule has 4 nitrogen and oxygen atoms in total. The monoisotopic (exact) mass is 291 g/mol. The number of carbonyl (C=O) groups is 1. The third-order valence-electron chi connectivity index (χ3n) is 2.21. The summed E-state index contributed by atoms with van der Waals surface area (Å²) in [6.07, 6.45) is 2.94. The molecule has 0 bridgehead atoms. The lowest BCUT2D eigenvalue weighted by molar-refractivity contribution is 0.0950. The summed E-state index contributed by atoms with van der Waals surface area (Å²) >= 11 is 3.36. The second-order valence-corrected chi connectivity index (χ2v) is 4.36. The summed E-state index contributed by atoms with van der Waals surface area (Å²) in [5.74, 6) is -0.150. The summed E-state index contributed by atoms with van der Waals surface area (Å²) in [6, 6.07) is 9.42. The first-order chi connectivity index (χ1) is 8.25. The zero-order chi connectivity index (χ0) is 12.1. The van der Waals surface area contributed by atoms with Crippen molar-refractivity contribution >= 4 is 21.8 Å². The maximum atomic E-state index is 11.7. The van der Waals surface area contributed by atoms with Gasteiger partial charge in [-0.3, -0.25) is 4.79 Å². The maximum absolute atomic E-state index is 11.7. The number of amides is 1. The minimum Gasteiger partial charge on any atom is -0.348 e. The van der Waals surface area contributed by atoms with Crippen molar-refractivity contribution in [1.29, 1.82) is 0 Å². The lowest BCUT2D eigenvalue weighted by Crippen LogP contribution is -2.22. The van der Waals surface area contributed by atoms with Gasteiger partial charge < -0.3 is 5.32 Å². The van der Waals surface area contributed by atoms with Gasteiger partial charge in [-0.2, -0.15) is 10.2 Å². The lowest BCUT2D eigenvalue weighted by atomic mass is 10.2. The molecule has 1 amide bonds. The van der Waals surface area contributed by atoms with E-state index in [0.29, 0.717) is 12.1 Å². The van der Waals surface area contributed by atoms with Crippen molar-refractivity contribution in [2.24, 2.45) is 0 Å². The van der Waals surface area contributed by atoms with Crippen molar-refractivity contribution in [3.63, 3.8) is 0 Å². The normalized spacial score (nSPS) is 9.94. The van der Waals surface area contributed by atoms with Crippen LogP contribution in [0.15, 0.2) is 47.2 Å². The molecule has 0 spiro atoms. The minimum atomic E-state index is -0.150. The predicted octanol–water partition coefficient (Wildman–Crippen LogP) is 2.17. The van der Waals surface area contributed by atoms with Crippen LogP contribution in [0, 0.1) is 0 Å². The molecule has 2 aromatic rings. The summed E-state index contributed by atoms with van der Waals surface area (Å²) in [5.41, 5.74) is 1.56. The van der Waals surface area contributed by atoms with Crippen LogP contribution in [0.5, 0.6) is 0 Å². The van der Waals surface area contributed by atoms with E-state index in [1.807, 2.05) is 24.3 Å². The van der Waals surface area contributed by atoms with E-state index in [9.17, 15) is 4.79 Å². The third kappa shape index (κ3) is 3.35. The van der Waals surface area contributed by atoms with Crippen LogP contribution in [0.2, 0.25) is 0 Å². The van der Waals surface area contributed by atoms with Gasteiger partial charge in [0, 0.05) is 11.0 Å². The molecule has 0 aliphatic carbocycles. The second kappa shape index (κ2) is 5.54. The molecular formula is C12H10BrN3O.